The monoisotopic (exact) mass is 762 g/mol. The molecule has 0 aliphatic heterocycles. The highest BCUT2D eigenvalue weighted by Crippen LogP contribution is 2.17. The number of amides is 1. The summed E-state index contributed by atoms with van der Waals surface area (Å²) in [5.74, 6) is -0.0279. The number of nitrogens with one attached hydrogen (secondary N) is 1. The summed E-state index contributed by atoms with van der Waals surface area (Å²) in [7, 11) is 0. The molecule has 1 amide bonds. The van der Waals surface area contributed by atoms with Crippen LogP contribution < -0.4 is 5.32 Å². The van der Waals surface area contributed by atoms with Crippen LogP contribution in [0, 0.1) is 0 Å². The number of aliphatic hydroxyl groups excluding tert-OH is 2. The van der Waals surface area contributed by atoms with Crippen molar-refractivity contribution in [3.05, 3.63) is 12.2 Å². The molecule has 0 aliphatic rings. The number of unbranched alkanes of at least 4 members (excludes halogenated alkanes) is 37. The van der Waals surface area contributed by atoms with Crippen molar-refractivity contribution in [3.63, 3.8) is 0 Å². The Bertz CT molecular complexity index is 739. The largest absolute Gasteiger partial charge is 0.394 e. The van der Waals surface area contributed by atoms with E-state index in [9.17, 15) is 15.0 Å². The minimum atomic E-state index is -0.655. The van der Waals surface area contributed by atoms with Crippen LogP contribution >= 0.6 is 0 Å². The van der Waals surface area contributed by atoms with Crippen molar-refractivity contribution in [2.24, 2.45) is 0 Å². The summed E-state index contributed by atoms with van der Waals surface area (Å²) >= 11 is 0. The fourth-order valence-electron chi connectivity index (χ4n) is 7.95. The van der Waals surface area contributed by atoms with Gasteiger partial charge in [-0.15, -0.1) is 0 Å². The van der Waals surface area contributed by atoms with Crippen molar-refractivity contribution in [2.75, 3.05) is 6.61 Å². The summed E-state index contributed by atoms with van der Waals surface area (Å²) in [6, 6.07) is -0.532. The summed E-state index contributed by atoms with van der Waals surface area (Å²) in [6.45, 7) is 4.38. The predicted molar refractivity (Wildman–Crippen MR) is 239 cm³/mol. The fourth-order valence-corrected chi connectivity index (χ4v) is 7.95. The van der Waals surface area contributed by atoms with Crippen LogP contribution in [-0.4, -0.2) is 34.9 Å². The van der Waals surface area contributed by atoms with Gasteiger partial charge in [0.1, 0.15) is 0 Å². The lowest BCUT2D eigenvalue weighted by molar-refractivity contribution is -0.123. The Kier molecular flexibility index (Phi) is 45.8. The van der Waals surface area contributed by atoms with Crippen molar-refractivity contribution in [3.8, 4) is 0 Å². The first kappa shape index (κ1) is 53.1. The van der Waals surface area contributed by atoms with E-state index in [1.807, 2.05) is 0 Å². The van der Waals surface area contributed by atoms with Crippen LogP contribution in [-0.2, 0) is 4.79 Å². The highest BCUT2D eigenvalue weighted by molar-refractivity contribution is 5.76. The lowest BCUT2D eigenvalue weighted by Gasteiger charge is -2.22. The van der Waals surface area contributed by atoms with E-state index in [1.165, 1.54) is 231 Å². The minimum Gasteiger partial charge on any atom is -0.394 e. The molecule has 0 saturated heterocycles. The second-order valence-electron chi connectivity index (χ2n) is 17.2. The van der Waals surface area contributed by atoms with Crippen molar-refractivity contribution < 1.29 is 15.0 Å². The summed E-state index contributed by atoms with van der Waals surface area (Å²) < 4.78 is 0. The minimum absolute atomic E-state index is 0.0279. The molecule has 0 aliphatic carbocycles. The zero-order valence-corrected chi connectivity index (χ0v) is 37.0. The van der Waals surface area contributed by atoms with Crippen LogP contribution in [0.1, 0.15) is 284 Å². The van der Waals surface area contributed by atoms with Crippen molar-refractivity contribution >= 4 is 5.91 Å². The number of aliphatic hydroxyl groups is 2. The van der Waals surface area contributed by atoms with Crippen LogP contribution in [0.2, 0.25) is 0 Å². The van der Waals surface area contributed by atoms with Gasteiger partial charge in [-0.3, -0.25) is 4.79 Å². The quantitative estimate of drug-likeness (QED) is 0.0427. The Labute approximate surface area is 339 Å². The Morgan fingerprint density at radius 2 is 0.704 bits per heavy atom. The first-order valence-electron chi connectivity index (χ1n) is 24.9. The Hall–Kier alpha value is -0.870. The molecule has 0 aromatic rings. The topological polar surface area (TPSA) is 69.6 Å². The standard InChI is InChI=1S/C50H99NO3/c1-3-5-7-9-11-13-15-17-19-20-21-22-23-24-25-26-27-28-29-30-31-32-34-36-38-40-42-44-46-50(54)51-48(47-52)49(53)45-43-41-39-37-35-33-18-16-14-12-10-8-6-4-2/h24-25,48-49,52-53H,3-23,26-47H2,1-2H3,(H,51,54)/b25-24-. The molecule has 4 nitrogen and oxygen atoms in total. The highest BCUT2D eigenvalue weighted by atomic mass is 16.3. The van der Waals surface area contributed by atoms with Gasteiger partial charge in [-0.25, -0.2) is 0 Å². The smallest absolute Gasteiger partial charge is 0.220 e. The van der Waals surface area contributed by atoms with Crippen LogP contribution in [0.5, 0.6) is 0 Å². The zero-order chi connectivity index (χ0) is 39.3. The molecule has 3 N–H and O–H groups in total. The Morgan fingerprint density at radius 3 is 1.02 bits per heavy atom. The normalized spacial score (nSPS) is 12.9. The fraction of sp³-hybridized carbons (Fsp3) is 0.940. The molecule has 0 spiro atoms. The molecule has 2 atom stereocenters. The van der Waals surface area contributed by atoms with Gasteiger partial charge >= 0.3 is 0 Å². The first-order valence-corrected chi connectivity index (χ1v) is 24.9. The van der Waals surface area contributed by atoms with Gasteiger partial charge in [0.2, 0.25) is 5.91 Å². The summed E-state index contributed by atoms with van der Waals surface area (Å²) in [4.78, 5) is 12.4. The second kappa shape index (κ2) is 46.5. The lowest BCUT2D eigenvalue weighted by Crippen LogP contribution is -2.45. The first-order chi connectivity index (χ1) is 26.7. The number of hydrogen-bond acceptors (Lipinski definition) is 3. The van der Waals surface area contributed by atoms with E-state index >= 15 is 0 Å². The van der Waals surface area contributed by atoms with Crippen molar-refractivity contribution in [2.45, 2.75) is 296 Å². The molecule has 54 heavy (non-hydrogen) atoms. The molecular weight excluding hydrogens is 663 g/mol. The molecule has 0 aromatic heterocycles. The van der Waals surface area contributed by atoms with E-state index in [4.69, 9.17) is 0 Å². The van der Waals surface area contributed by atoms with Gasteiger partial charge < -0.3 is 15.5 Å². The molecule has 322 valence electrons. The number of hydrogen-bond donors (Lipinski definition) is 3. The average molecular weight is 762 g/mol. The van der Waals surface area contributed by atoms with Crippen LogP contribution in [0.4, 0.5) is 0 Å². The van der Waals surface area contributed by atoms with Gasteiger partial charge in [0.05, 0.1) is 18.8 Å². The van der Waals surface area contributed by atoms with Crippen LogP contribution in [0.25, 0.3) is 0 Å². The SMILES string of the molecule is CCCCCCCCCCCCCC/C=C\CCCCCCCCCCCCCCC(=O)NC(CO)C(O)CCCCCCCCCCCCCCCC. The van der Waals surface area contributed by atoms with Gasteiger partial charge in [-0.1, -0.05) is 251 Å². The second-order valence-corrected chi connectivity index (χ2v) is 17.2. The number of allylic oxidation sites excluding steroid dienone is 2. The maximum Gasteiger partial charge on any atom is 0.220 e. The highest BCUT2D eigenvalue weighted by Gasteiger charge is 2.20. The van der Waals surface area contributed by atoms with Gasteiger partial charge in [0.25, 0.3) is 0 Å². The summed E-state index contributed by atoms with van der Waals surface area (Å²) in [5.41, 5.74) is 0. The Morgan fingerprint density at radius 1 is 0.426 bits per heavy atom. The predicted octanol–water partition coefficient (Wildman–Crippen LogP) is 15.8. The molecule has 0 bridgehead atoms. The number of carbonyl (C=O) groups excluding carboxylic acids is 1. The molecule has 0 rings (SSSR count). The van der Waals surface area contributed by atoms with Crippen LogP contribution in [0.15, 0.2) is 12.2 Å². The van der Waals surface area contributed by atoms with Crippen molar-refractivity contribution in [1.82, 2.24) is 5.32 Å². The van der Waals surface area contributed by atoms with E-state index in [-0.39, 0.29) is 12.5 Å². The van der Waals surface area contributed by atoms with E-state index in [2.05, 4.69) is 31.3 Å². The third kappa shape index (κ3) is 42.3. The lowest BCUT2D eigenvalue weighted by atomic mass is 10.0. The van der Waals surface area contributed by atoms with E-state index in [0.29, 0.717) is 12.8 Å². The van der Waals surface area contributed by atoms with E-state index < -0.39 is 12.1 Å². The third-order valence-electron chi connectivity index (χ3n) is 11.8. The molecule has 4 heteroatoms. The van der Waals surface area contributed by atoms with Crippen molar-refractivity contribution in [1.29, 1.82) is 0 Å². The van der Waals surface area contributed by atoms with Gasteiger partial charge in [-0.05, 0) is 38.5 Å². The van der Waals surface area contributed by atoms with Gasteiger partial charge in [0.15, 0.2) is 0 Å². The summed E-state index contributed by atoms with van der Waals surface area (Å²) in [6.07, 6.45) is 58.9. The molecule has 0 radical (unpaired) electrons. The summed E-state index contributed by atoms with van der Waals surface area (Å²) in [5, 5.41) is 23.2. The number of carbonyl (C=O) groups is 1. The van der Waals surface area contributed by atoms with E-state index in [1.54, 1.807) is 0 Å². The average Bonchev–Trinajstić information content (AvgIpc) is 3.18. The van der Waals surface area contributed by atoms with Gasteiger partial charge in [-0.2, -0.15) is 0 Å². The molecule has 0 fully saturated rings. The van der Waals surface area contributed by atoms with Crippen LogP contribution in [0.3, 0.4) is 0 Å². The van der Waals surface area contributed by atoms with E-state index in [0.717, 1.165) is 25.7 Å². The molecule has 0 aromatic carbocycles. The Balaban J connectivity index is 3.43. The molecule has 2 unspecified atom stereocenters. The molecule has 0 saturated carbocycles. The number of rotatable bonds is 46. The zero-order valence-electron chi connectivity index (χ0n) is 37.0. The molecule has 0 heterocycles. The van der Waals surface area contributed by atoms with Gasteiger partial charge in [0, 0.05) is 6.42 Å². The third-order valence-corrected chi connectivity index (χ3v) is 11.8. The maximum absolute atomic E-state index is 12.4. The molecular formula is C50H99NO3. The maximum atomic E-state index is 12.4.